The minimum atomic E-state index is 0.701. The molecule has 0 radical (unpaired) electrons. The maximum atomic E-state index is 5.42. The third-order valence-corrected chi connectivity index (χ3v) is 2.68. The van der Waals surface area contributed by atoms with Crippen LogP contribution in [-0.2, 0) is 13.0 Å². The van der Waals surface area contributed by atoms with E-state index in [0.717, 1.165) is 19.0 Å². The van der Waals surface area contributed by atoms with Crippen molar-refractivity contribution in [1.82, 2.24) is 5.32 Å². The molecule has 1 aromatic carbocycles. The van der Waals surface area contributed by atoms with E-state index >= 15 is 0 Å². The smallest absolute Gasteiger partial charge is 0.0206 e. The minimum Gasteiger partial charge on any atom is -0.329 e. The minimum absolute atomic E-state index is 0.701. The van der Waals surface area contributed by atoms with Crippen molar-refractivity contribution < 1.29 is 0 Å². The van der Waals surface area contributed by atoms with Crippen molar-refractivity contribution in [2.45, 2.75) is 33.2 Å². The van der Waals surface area contributed by atoms with Gasteiger partial charge >= 0.3 is 0 Å². The molecular weight excluding hydrogens is 196 g/mol. The molecule has 2 heteroatoms. The first-order valence-electron chi connectivity index (χ1n) is 6.21. The molecule has 90 valence electrons. The van der Waals surface area contributed by atoms with Crippen LogP contribution < -0.4 is 11.1 Å². The Labute approximate surface area is 99.2 Å². The van der Waals surface area contributed by atoms with Gasteiger partial charge in [-0.25, -0.2) is 0 Å². The SMILES string of the molecule is CC(C)CCc1ccc(CNCCN)cc1. The quantitative estimate of drug-likeness (QED) is 0.692. The number of nitrogens with two attached hydrogens (primary N) is 1. The average Bonchev–Trinajstić information content (AvgIpc) is 2.28. The van der Waals surface area contributed by atoms with Gasteiger partial charge in [0.2, 0.25) is 0 Å². The van der Waals surface area contributed by atoms with Crippen molar-refractivity contribution in [2.24, 2.45) is 11.7 Å². The van der Waals surface area contributed by atoms with E-state index in [1.807, 2.05) is 0 Å². The van der Waals surface area contributed by atoms with Gasteiger partial charge in [0.25, 0.3) is 0 Å². The highest BCUT2D eigenvalue weighted by Crippen LogP contribution is 2.10. The van der Waals surface area contributed by atoms with Crippen molar-refractivity contribution in [2.75, 3.05) is 13.1 Å². The normalized spacial score (nSPS) is 11.0. The summed E-state index contributed by atoms with van der Waals surface area (Å²) in [6, 6.07) is 8.89. The lowest BCUT2D eigenvalue weighted by atomic mass is 10.0. The lowest BCUT2D eigenvalue weighted by molar-refractivity contribution is 0.586. The van der Waals surface area contributed by atoms with Gasteiger partial charge in [-0.3, -0.25) is 0 Å². The van der Waals surface area contributed by atoms with E-state index in [2.05, 4.69) is 43.4 Å². The standard InChI is InChI=1S/C14H24N2/c1-12(2)3-4-13-5-7-14(8-6-13)11-16-10-9-15/h5-8,12,16H,3-4,9-11,15H2,1-2H3. The van der Waals surface area contributed by atoms with E-state index in [0.29, 0.717) is 6.54 Å². The monoisotopic (exact) mass is 220 g/mol. The molecule has 1 rings (SSSR count). The van der Waals surface area contributed by atoms with Crippen LogP contribution in [0, 0.1) is 5.92 Å². The summed E-state index contributed by atoms with van der Waals surface area (Å²) in [5.74, 6) is 0.783. The Hall–Kier alpha value is -0.860. The summed E-state index contributed by atoms with van der Waals surface area (Å²) in [7, 11) is 0. The molecule has 0 spiro atoms. The molecule has 0 heterocycles. The molecule has 0 aromatic heterocycles. The van der Waals surface area contributed by atoms with Crippen LogP contribution in [0.15, 0.2) is 24.3 Å². The fourth-order valence-electron chi connectivity index (χ4n) is 1.61. The molecule has 0 bridgehead atoms. The molecule has 16 heavy (non-hydrogen) atoms. The number of nitrogens with one attached hydrogen (secondary N) is 1. The summed E-state index contributed by atoms with van der Waals surface area (Å²) in [5, 5.41) is 3.30. The summed E-state index contributed by atoms with van der Waals surface area (Å²) in [6.45, 7) is 7.04. The molecule has 0 saturated heterocycles. The molecule has 0 amide bonds. The van der Waals surface area contributed by atoms with Gasteiger partial charge in [-0.2, -0.15) is 0 Å². The van der Waals surface area contributed by atoms with E-state index in [9.17, 15) is 0 Å². The third-order valence-electron chi connectivity index (χ3n) is 2.68. The van der Waals surface area contributed by atoms with Crippen LogP contribution in [0.1, 0.15) is 31.4 Å². The maximum absolute atomic E-state index is 5.42. The fraction of sp³-hybridized carbons (Fsp3) is 0.571. The van der Waals surface area contributed by atoms with Crippen molar-refractivity contribution in [3.05, 3.63) is 35.4 Å². The topological polar surface area (TPSA) is 38.0 Å². The summed E-state index contributed by atoms with van der Waals surface area (Å²) in [6.07, 6.45) is 2.46. The highest BCUT2D eigenvalue weighted by molar-refractivity contribution is 5.22. The molecule has 2 nitrogen and oxygen atoms in total. The Kier molecular flexibility index (Phi) is 6.12. The zero-order chi connectivity index (χ0) is 11.8. The highest BCUT2D eigenvalue weighted by atomic mass is 14.9. The molecule has 0 aliphatic rings. The van der Waals surface area contributed by atoms with Gasteiger partial charge in [0.1, 0.15) is 0 Å². The van der Waals surface area contributed by atoms with E-state index in [1.165, 1.54) is 24.0 Å². The third kappa shape index (κ3) is 5.29. The number of hydrogen-bond acceptors (Lipinski definition) is 2. The Balaban J connectivity index is 2.35. The van der Waals surface area contributed by atoms with Crippen molar-refractivity contribution in [3.8, 4) is 0 Å². The molecule has 0 saturated carbocycles. The van der Waals surface area contributed by atoms with Gasteiger partial charge in [-0.15, -0.1) is 0 Å². The second kappa shape index (κ2) is 7.42. The summed E-state index contributed by atoms with van der Waals surface area (Å²) >= 11 is 0. The zero-order valence-corrected chi connectivity index (χ0v) is 10.5. The van der Waals surface area contributed by atoms with Gasteiger partial charge in [0, 0.05) is 19.6 Å². The number of hydrogen-bond donors (Lipinski definition) is 2. The largest absolute Gasteiger partial charge is 0.329 e. The van der Waals surface area contributed by atoms with Crippen LogP contribution in [0.3, 0.4) is 0 Å². The van der Waals surface area contributed by atoms with Gasteiger partial charge in [0.05, 0.1) is 0 Å². The van der Waals surface area contributed by atoms with Gasteiger partial charge in [-0.1, -0.05) is 38.1 Å². The average molecular weight is 220 g/mol. The maximum Gasteiger partial charge on any atom is 0.0206 e. The first-order chi connectivity index (χ1) is 7.72. The Bertz CT molecular complexity index is 277. The summed E-state index contributed by atoms with van der Waals surface area (Å²) in [4.78, 5) is 0. The van der Waals surface area contributed by atoms with Gasteiger partial charge in [0.15, 0.2) is 0 Å². The van der Waals surface area contributed by atoms with E-state index in [4.69, 9.17) is 5.73 Å². The Morgan fingerprint density at radius 2 is 1.75 bits per heavy atom. The first kappa shape index (κ1) is 13.2. The number of benzene rings is 1. The van der Waals surface area contributed by atoms with E-state index in [-0.39, 0.29) is 0 Å². The lowest BCUT2D eigenvalue weighted by Gasteiger charge is -2.07. The van der Waals surface area contributed by atoms with Gasteiger partial charge < -0.3 is 11.1 Å². The second-order valence-corrected chi connectivity index (χ2v) is 4.71. The Morgan fingerprint density at radius 1 is 1.12 bits per heavy atom. The molecule has 0 atom stereocenters. The fourth-order valence-corrected chi connectivity index (χ4v) is 1.61. The molecular formula is C14H24N2. The molecule has 1 aromatic rings. The van der Waals surface area contributed by atoms with Crippen LogP contribution in [0.25, 0.3) is 0 Å². The predicted octanol–water partition coefficient (Wildman–Crippen LogP) is 2.32. The highest BCUT2D eigenvalue weighted by Gasteiger charge is 1.97. The second-order valence-electron chi connectivity index (χ2n) is 4.71. The molecule has 0 fully saturated rings. The number of rotatable bonds is 7. The lowest BCUT2D eigenvalue weighted by Crippen LogP contribution is -2.21. The van der Waals surface area contributed by atoms with Crippen LogP contribution >= 0.6 is 0 Å². The van der Waals surface area contributed by atoms with E-state index in [1.54, 1.807) is 0 Å². The van der Waals surface area contributed by atoms with Crippen LogP contribution in [0.2, 0.25) is 0 Å². The predicted molar refractivity (Wildman–Crippen MR) is 70.4 cm³/mol. The summed E-state index contributed by atoms with van der Waals surface area (Å²) < 4.78 is 0. The van der Waals surface area contributed by atoms with Crippen molar-refractivity contribution >= 4 is 0 Å². The molecule has 3 N–H and O–H groups in total. The van der Waals surface area contributed by atoms with Crippen molar-refractivity contribution in [3.63, 3.8) is 0 Å². The van der Waals surface area contributed by atoms with E-state index < -0.39 is 0 Å². The molecule has 0 aliphatic carbocycles. The van der Waals surface area contributed by atoms with Crippen LogP contribution in [0.4, 0.5) is 0 Å². The zero-order valence-electron chi connectivity index (χ0n) is 10.5. The van der Waals surface area contributed by atoms with Crippen LogP contribution in [-0.4, -0.2) is 13.1 Å². The molecule has 0 aliphatic heterocycles. The van der Waals surface area contributed by atoms with Crippen LogP contribution in [0.5, 0.6) is 0 Å². The van der Waals surface area contributed by atoms with Gasteiger partial charge in [-0.05, 0) is 29.9 Å². The first-order valence-corrected chi connectivity index (χ1v) is 6.21. The molecule has 0 unspecified atom stereocenters. The number of aryl methyl sites for hydroxylation is 1. The summed E-state index contributed by atoms with van der Waals surface area (Å²) in [5.41, 5.74) is 8.20. The van der Waals surface area contributed by atoms with Crippen molar-refractivity contribution in [1.29, 1.82) is 0 Å². The Morgan fingerprint density at radius 3 is 2.31 bits per heavy atom.